The average Bonchev–Trinajstić information content (AvgIpc) is 3.59. The Balaban J connectivity index is 1.05. The van der Waals surface area contributed by atoms with E-state index in [0.717, 1.165) is 74.7 Å². The quantitative estimate of drug-likeness (QED) is 0.322. The van der Waals surface area contributed by atoms with E-state index < -0.39 is 0 Å². The molecule has 2 fully saturated rings. The molecule has 43 heavy (non-hydrogen) atoms. The Labute approximate surface area is 260 Å². The fourth-order valence-corrected chi connectivity index (χ4v) is 8.30. The van der Waals surface area contributed by atoms with Crippen molar-refractivity contribution in [3.8, 4) is 0 Å². The lowest BCUT2D eigenvalue weighted by Gasteiger charge is -2.42. The van der Waals surface area contributed by atoms with Crippen molar-refractivity contribution >= 4 is 40.7 Å². The van der Waals surface area contributed by atoms with Crippen LogP contribution >= 0.6 is 23.4 Å². The Morgan fingerprint density at radius 2 is 1.91 bits per heavy atom. The van der Waals surface area contributed by atoms with Gasteiger partial charge in [-0.15, -0.1) is 0 Å². The number of anilines is 1. The van der Waals surface area contributed by atoms with Gasteiger partial charge >= 0.3 is 0 Å². The van der Waals surface area contributed by atoms with Gasteiger partial charge in [0.2, 0.25) is 5.91 Å². The lowest BCUT2D eigenvalue weighted by molar-refractivity contribution is -0.129. The van der Waals surface area contributed by atoms with Gasteiger partial charge in [0.15, 0.2) is 11.5 Å². The Kier molecular flexibility index (Phi) is 7.57. The third-order valence-corrected chi connectivity index (χ3v) is 11.2. The summed E-state index contributed by atoms with van der Waals surface area (Å²) >= 11 is 8.29. The Morgan fingerprint density at radius 3 is 2.63 bits per heavy atom. The number of piperidine rings is 2. The fraction of sp³-hybridized carbons (Fsp3) is 0.438. The summed E-state index contributed by atoms with van der Waals surface area (Å²) in [6.07, 6.45) is 10.5. The van der Waals surface area contributed by atoms with Gasteiger partial charge in [0, 0.05) is 62.4 Å². The van der Waals surface area contributed by atoms with E-state index in [2.05, 4.69) is 29.2 Å². The summed E-state index contributed by atoms with van der Waals surface area (Å²) in [4.78, 5) is 31.1. The number of carbonyl (C=O) groups excluding carboxylic acids is 1. The highest BCUT2D eigenvalue weighted by molar-refractivity contribution is 7.99. The third kappa shape index (κ3) is 5.18. The number of hydrogen-bond donors (Lipinski definition) is 2. The maximum absolute atomic E-state index is 11.7. The second-order valence-corrected chi connectivity index (χ2v) is 13.6. The zero-order valence-electron chi connectivity index (χ0n) is 24.2. The van der Waals surface area contributed by atoms with Gasteiger partial charge < -0.3 is 25.0 Å². The molecule has 224 valence electrons. The standard InChI is InChI=1S/C32H36ClN7O2S/c1-20(42)38-11-6-21(7-12-38)24-18-40-13-8-26(28(33)31(40)37-24)43-27-17-35-30(25(19-41)36-27)39-14-9-32(10-15-39)16-22-4-2-3-5-23(22)29(32)34/h2-5,8,13,17-18,21,29,41H,6-7,9-12,14-16,19,34H2,1H3/t29-/m1/s1. The van der Waals surface area contributed by atoms with Gasteiger partial charge in [-0.3, -0.25) is 4.79 Å². The number of fused-ring (bicyclic) bond motifs is 2. The molecule has 0 saturated carbocycles. The minimum Gasteiger partial charge on any atom is -0.390 e. The van der Waals surface area contributed by atoms with Crippen molar-refractivity contribution in [2.45, 2.75) is 67.5 Å². The van der Waals surface area contributed by atoms with E-state index in [-0.39, 0.29) is 24.0 Å². The largest absolute Gasteiger partial charge is 0.390 e. The Bertz CT molecular complexity index is 1680. The molecule has 9 nitrogen and oxygen atoms in total. The summed E-state index contributed by atoms with van der Waals surface area (Å²) in [5.74, 6) is 1.17. The van der Waals surface area contributed by atoms with Crippen LogP contribution in [0.2, 0.25) is 5.02 Å². The van der Waals surface area contributed by atoms with Crippen molar-refractivity contribution in [3.05, 3.63) is 76.5 Å². The molecule has 0 unspecified atom stereocenters. The first-order valence-corrected chi connectivity index (χ1v) is 16.2. The number of halogens is 1. The maximum Gasteiger partial charge on any atom is 0.219 e. The van der Waals surface area contributed by atoms with Crippen LogP contribution in [0.4, 0.5) is 5.82 Å². The number of pyridine rings is 1. The Morgan fingerprint density at radius 1 is 1.14 bits per heavy atom. The molecular weight excluding hydrogens is 582 g/mol. The molecule has 2 aliphatic heterocycles. The predicted molar refractivity (Wildman–Crippen MR) is 167 cm³/mol. The number of aromatic nitrogens is 4. The van der Waals surface area contributed by atoms with E-state index in [0.29, 0.717) is 27.3 Å². The van der Waals surface area contributed by atoms with Crippen molar-refractivity contribution in [2.75, 3.05) is 31.1 Å². The summed E-state index contributed by atoms with van der Waals surface area (Å²) in [6, 6.07) is 10.6. The highest BCUT2D eigenvalue weighted by Crippen LogP contribution is 2.51. The molecule has 11 heteroatoms. The predicted octanol–water partition coefficient (Wildman–Crippen LogP) is 4.99. The minimum atomic E-state index is -0.192. The normalized spacial score (nSPS) is 20.2. The number of benzene rings is 1. The van der Waals surface area contributed by atoms with Crippen LogP contribution in [-0.2, 0) is 17.8 Å². The van der Waals surface area contributed by atoms with Crippen LogP contribution in [0.25, 0.3) is 5.65 Å². The molecular formula is C32H36ClN7O2S. The second-order valence-electron chi connectivity index (χ2n) is 12.1. The molecule has 4 aromatic rings. The lowest BCUT2D eigenvalue weighted by Crippen LogP contribution is -2.45. The summed E-state index contributed by atoms with van der Waals surface area (Å²) in [5, 5.41) is 11.5. The number of aliphatic hydroxyl groups is 1. The monoisotopic (exact) mass is 617 g/mol. The van der Waals surface area contributed by atoms with Crippen molar-refractivity contribution in [3.63, 3.8) is 0 Å². The van der Waals surface area contributed by atoms with Crippen LogP contribution in [0.3, 0.4) is 0 Å². The summed E-state index contributed by atoms with van der Waals surface area (Å²) in [5.41, 5.74) is 11.8. The molecule has 3 aliphatic rings. The van der Waals surface area contributed by atoms with Crippen molar-refractivity contribution in [1.82, 2.24) is 24.3 Å². The van der Waals surface area contributed by atoms with Crippen LogP contribution in [0.5, 0.6) is 0 Å². The topological polar surface area (TPSA) is 113 Å². The zero-order chi connectivity index (χ0) is 29.7. The van der Waals surface area contributed by atoms with Crippen molar-refractivity contribution in [1.29, 1.82) is 0 Å². The number of likely N-dealkylation sites (tertiary alicyclic amines) is 1. The maximum atomic E-state index is 11.7. The summed E-state index contributed by atoms with van der Waals surface area (Å²) in [6.45, 7) is 4.60. The molecule has 2 saturated heterocycles. The van der Waals surface area contributed by atoms with Gasteiger partial charge in [-0.25, -0.2) is 15.0 Å². The van der Waals surface area contributed by atoms with Gasteiger partial charge in [0.1, 0.15) is 10.7 Å². The molecule has 1 amide bonds. The van der Waals surface area contributed by atoms with Crippen LogP contribution in [0, 0.1) is 5.41 Å². The van der Waals surface area contributed by atoms with E-state index >= 15 is 0 Å². The summed E-state index contributed by atoms with van der Waals surface area (Å²) < 4.78 is 1.96. The molecule has 0 radical (unpaired) electrons. The summed E-state index contributed by atoms with van der Waals surface area (Å²) in [7, 11) is 0. The molecule has 1 aromatic carbocycles. The van der Waals surface area contributed by atoms with Gasteiger partial charge in [-0.1, -0.05) is 47.6 Å². The number of hydrogen-bond acceptors (Lipinski definition) is 8. The van der Waals surface area contributed by atoms with Gasteiger partial charge in [0.25, 0.3) is 0 Å². The van der Waals surface area contributed by atoms with Gasteiger partial charge in [-0.05, 0) is 54.7 Å². The fourth-order valence-electron chi connectivity index (χ4n) is 7.19. The molecule has 1 spiro atoms. The number of nitrogens with zero attached hydrogens (tertiary/aromatic N) is 6. The number of nitrogens with two attached hydrogens (primary N) is 1. The number of aliphatic hydroxyl groups excluding tert-OH is 1. The number of amides is 1. The van der Waals surface area contributed by atoms with E-state index in [1.807, 2.05) is 27.8 Å². The number of carbonyl (C=O) groups is 1. The lowest BCUT2D eigenvalue weighted by atomic mass is 9.73. The molecule has 0 bridgehead atoms. The zero-order valence-corrected chi connectivity index (χ0v) is 25.8. The molecule has 5 heterocycles. The minimum absolute atomic E-state index is 0.0565. The van der Waals surface area contributed by atoms with Gasteiger partial charge in [-0.2, -0.15) is 0 Å². The third-order valence-electron chi connectivity index (χ3n) is 9.72. The second kappa shape index (κ2) is 11.4. The average molecular weight is 618 g/mol. The smallest absolute Gasteiger partial charge is 0.219 e. The van der Waals surface area contributed by atoms with Crippen LogP contribution in [-0.4, -0.2) is 61.4 Å². The van der Waals surface area contributed by atoms with Crippen LogP contribution < -0.4 is 10.6 Å². The van der Waals surface area contributed by atoms with Crippen molar-refractivity contribution < 1.29 is 9.90 Å². The first-order chi connectivity index (χ1) is 20.8. The number of imidazole rings is 1. The van der Waals surface area contributed by atoms with Crippen LogP contribution in [0.1, 0.15) is 67.1 Å². The van der Waals surface area contributed by atoms with E-state index in [1.54, 1.807) is 13.1 Å². The molecule has 1 atom stereocenters. The Hall–Kier alpha value is -3.18. The van der Waals surface area contributed by atoms with Gasteiger partial charge in [0.05, 0.1) is 23.5 Å². The van der Waals surface area contributed by atoms with E-state index in [1.165, 1.54) is 22.9 Å². The first-order valence-electron chi connectivity index (χ1n) is 15.0. The van der Waals surface area contributed by atoms with E-state index in [9.17, 15) is 9.90 Å². The van der Waals surface area contributed by atoms with E-state index in [4.69, 9.17) is 32.3 Å². The molecule has 7 rings (SSSR count). The van der Waals surface area contributed by atoms with Crippen LogP contribution in [0.15, 0.2) is 58.8 Å². The molecule has 3 aromatic heterocycles. The highest BCUT2D eigenvalue weighted by Gasteiger charge is 2.46. The first kappa shape index (κ1) is 28.6. The van der Waals surface area contributed by atoms with Crippen molar-refractivity contribution in [2.24, 2.45) is 11.1 Å². The SMILES string of the molecule is CC(=O)N1CCC(c2cn3ccc(Sc4cnc(N5CCC6(CC5)Cc5ccccc5[C@H]6N)c(CO)n4)c(Cl)c3n2)CC1. The molecule has 1 aliphatic carbocycles. The molecule has 3 N–H and O–H groups in total. The number of rotatable bonds is 5. The highest BCUT2D eigenvalue weighted by atomic mass is 35.5.